The molecule has 1 atom stereocenters. The Hall–Kier alpha value is -2.29. The summed E-state index contributed by atoms with van der Waals surface area (Å²) in [7, 11) is 0. The van der Waals surface area contributed by atoms with Crippen molar-refractivity contribution in [2.45, 2.75) is 19.4 Å². The summed E-state index contributed by atoms with van der Waals surface area (Å²) >= 11 is 0. The van der Waals surface area contributed by atoms with Crippen molar-refractivity contribution < 1.29 is 9.94 Å². The van der Waals surface area contributed by atoms with Gasteiger partial charge in [0.1, 0.15) is 11.9 Å². The second-order valence-electron chi connectivity index (χ2n) is 4.76. The molecule has 3 nitrogen and oxygen atoms in total. The first kappa shape index (κ1) is 11.8. The molecule has 19 heavy (non-hydrogen) atoms. The highest BCUT2D eigenvalue weighted by atomic mass is 16.5. The van der Waals surface area contributed by atoms with Crippen molar-refractivity contribution in [3.05, 3.63) is 65.2 Å². The van der Waals surface area contributed by atoms with Crippen LogP contribution in [0.1, 0.15) is 29.2 Å². The fourth-order valence-corrected chi connectivity index (χ4v) is 2.35. The van der Waals surface area contributed by atoms with Gasteiger partial charge in [0, 0.05) is 12.0 Å². The van der Waals surface area contributed by atoms with Gasteiger partial charge in [-0.05, 0) is 24.6 Å². The summed E-state index contributed by atoms with van der Waals surface area (Å²) in [6.07, 6.45) is 0.484. The number of hydrogen-bond donors (Lipinski definition) is 1. The molecule has 0 saturated heterocycles. The Kier molecular flexibility index (Phi) is 2.95. The smallest absolute Gasteiger partial charge is 0.129 e. The van der Waals surface area contributed by atoms with E-state index in [-0.39, 0.29) is 6.10 Å². The lowest BCUT2D eigenvalue weighted by molar-refractivity contribution is 0.203. The van der Waals surface area contributed by atoms with E-state index in [9.17, 15) is 5.21 Å². The number of ether oxygens (including phenoxy) is 1. The van der Waals surface area contributed by atoms with Crippen LogP contribution in [0.5, 0.6) is 5.75 Å². The van der Waals surface area contributed by atoms with Gasteiger partial charge in [-0.2, -0.15) is 0 Å². The van der Waals surface area contributed by atoms with Gasteiger partial charge in [-0.1, -0.05) is 47.1 Å². The zero-order chi connectivity index (χ0) is 13.2. The molecule has 1 unspecified atom stereocenters. The molecule has 96 valence electrons. The fourth-order valence-electron chi connectivity index (χ4n) is 2.35. The summed E-state index contributed by atoms with van der Waals surface area (Å²) in [5.41, 5.74) is 3.86. The third-order valence-electron chi connectivity index (χ3n) is 3.42. The van der Waals surface area contributed by atoms with Crippen molar-refractivity contribution in [2.24, 2.45) is 5.16 Å². The number of oxime groups is 1. The molecule has 3 heteroatoms. The minimum atomic E-state index is -0.0959. The molecule has 0 aromatic heterocycles. The number of rotatable bonds is 1. The molecule has 3 rings (SSSR count). The number of para-hydroxylation sites is 1. The van der Waals surface area contributed by atoms with Crippen LogP contribution in [0.2, 0.25) is 0 Å². The van der Waals surface area contributed by atoms with E-state index in [4.69, 9.17) is 4.74 Å². The minimum Gasteiger partial charge on any atom is -0.485 e. The van der Waals surface area contributed by atoms with Crippen molar-refractivity contribution in [3.63, 3.8) is 0 Å². The maximum Gasteiger partial charge on any atom is 0.129 e. The predicted molar refractivity (Wildman–Crippen MR) is 73.9 cm³/mol. The van der Waals surface area contributed by atoms with E-state index < -0.39 is 0 Å². The second kappa shape index (κ2) is 4.76. The van der Waals surface area contributed by atoms with E-state index >= 15 is 0 Å². The van der Waals surface area contributed by atoms with Gasteiger partial charge in [-0.25, -0.2) is 0 Å². The van der Waals surface area contributed by atoms with Crippen molar-refractivity contribution in [1.82, 2.24) is 0 Å². The second-order valence-corrected chi connectivity index (χ2v) is 4.76. The van der Waals surface area contributed by atoms with E-state index in [2.05, 4.69) is 36.3 Å². The first-order chi connectivity index (χ1) is 9.28. The number of hydrogen-bond acceptors (Lipinski definition) is 3. The number of nitrogens with zero attached hydrogens (tertiary/aromatic N) is 1. The summed E-state index contributed by atoms with van der Waals surface area (Å²) in [5, 5.41) is 12.6. The molecule has 1 heterocycles. The maximum atomic E-state index is 9.18. The van der Waals surface area contributed by atoms with Crippen LogP contribution in [0.15, 0.2) is 53.7 Å². The Balaban J connectivity index is 1.98. The number of aryl methyl sites for hydroxylation is 1. The quantitative estimate of drug-likeness (QED) is 0.622. The van der Waals surface area contributed by atoms with E-state index in [1.807, 2.05) is 24.3 Å². The fraction of sp³-hybridized carbons (Fsp3) is 0.188. The molecule has 0 spiro atoms. The first-order valence-corrected chi connectivity index (χ1v) is 6.31. The van der Waals surface area contributed by atoms with Crippen LogP contribution in [-0.4, -0.2) is 10.9 Å². The molecule has 0 amide bonds. The highest BCUT2D eigenvalue weighted by Crippen LogP contribution is 2.34. The molecular weight excluding hydrogens is 238 g/mol. The first-order valence-electron chi connectivity index (χ1n) is 6.31. The van der Waals surface area contributed by atoms with Gasteiger partial charge in [-0.3, -0.25) is 0 Å². The molecule has 1 aliphatic heterocycles. The van der Waals surface area contributed by atoms with Crippen LogP contribution in [0.25, 0.3) is 0 Å². The van der Waals surface area contributed by atoms with Gasteiger partial charge < -0.3 is 9.94 Å². The average molecular weight is 253 g/mol. The summed E-state index contributed by atoms with van der Waals surface area (Å²) in [4.78, 5) is 0. The van der Waals surface area contributed by atoms with Crippen molar-refractivity contribution in [1.29, 1.82) is 0 Å². The van der Waals surface area contributed by atoms with Gasteiger partial charge in [-0.15, -0.1) is 0 Å². The Labute approximate surface area is 112 Å². The lowest BCUT2D eigenvalue weighted by Crippen LogP contribution is -2.21. The third kappa shape index (κ3) is 2.19. The summed E-state index contributed by atoms with van der Waals surface area (Å²) in [6, 6.07) is 15.9. The summed E-state index contributed by atoms with van der Waals surface area (Å²) in [5.74, 6) is 0.770. The number of fused-ring (bicyclic) bond motifs is 1. The van der Waals surface area contributed by atoms with Crippen LogP contribution >= 0.6 is 0 Å². The van der Waals surface area contributed by atoms with Gasteiger partial charge in [0.05, 0.1) is 5.71 Å². The Morgan fingerprint density at radius 3 is 2.58 bits per heavy atom. The van der Waals surface area contributed by atoms with Crippen LogP contribution in [-0.2, 0) is 0 Å². The third-order valence-corrected chi connectivity index (χ3v) is 3.42. The predicted octanol–water partition coefficient (Wildman–Crippen LogP) is 3.70. The number of benzene rings is 2. The van der Waals surface area contributed by atoms with Crippen LogP contribution in [0.3, 0.4) is 0 Å². The molecule has 2 aromatic carbocycles. The zero-order valence-electron chi connectivity index (χ0n) is 10.7. The normalized spacial score (nSPS) is 19.8. The van der Waals surface area contributed by atoms with Crippen LogP contribution in [0.4, 0.5) is 0 Å². The van der Waals surface area contributed by atoms with Crippen LogP contribution in [0, 0.1) is 6.92 Å². The van der Waals surface area contributed by atoms with Gasteiger partial charge in [0.15, 0.2) is 0 Å². The molecule has 0 saturated carbocycles. The van der Waals surface area contributed by atoms with E-state index in [0.29, 0.717) is 12.1 Å². The van der Waals surface area contributed by atoms with Gasteiger partial charge in [0.25, 0.3) is 0 Å². The molecule has 2 aromatic rings. The molecule has 1 aliphatic rings. The SMILES string of the molecule is Cc1ccc(C2C/C(=N/O)c3ccccc3O2)cc1. The van der Waals surface area contributed by atoms with Crippen LogP contribution < -0.4 is 4.74 Å². The molecule has 1 N–H and O–H groups in total. The maximum absolute atomic E-state index is 9.18. The Bertz CT molecular complexity index is 617. The van der Waals surface area contributed by atoms with Crippen molar-refractivity contribution >= 4 is 5.71 Å². The molecule has 0 radical (unpaired) electrons. The molecule has 0 aliphatic carbocycles. The Morgan fingerprint density at radius 1 is 1.11 bits per heavy atom. The van der Waals surface area contributed by atoms with Gasteiger partial charge in [0.2, 0.25) is 0 Å². The highest BCUT2D eigenvalue weighted by molar-refractivity contribution is 6.03. The monoisotopic (exact) mass is 253 g/mol. The minimum absolute atomic E-state index is 0.0959. The summed E-state index contributed by atoms with van der Waals surface area (Å²) in [6.45, 7) is 2.06. The average Bonchev–Trinajstić information content (AvgIpc) is 2.47. The van der Waals surface area contributed by atoms with E-state index in [1.54, 1.807) is 0 Å². The summed E-state index contributed by atoms with van der Waals surface area (Å²) < 4.78 is 6.00. The standard InChI is InChI=1S/C16H15NO2/c1-11-6-8-12(9-7-11)16-10-14(17-18)13-4-2-3-5-15(13)19-16/h2-9,16,18H,10H2,1H3/b17-14-. The van der Waals surface area contributed by atoms with E-state index in [1.165, 1.54) is 5.56 Å². The topological polar surface area (TPSA) is 41.8 Å². The lowest BCUT2D eigenvalue weighted by atomic mass is 9.95. The lowest BCUT2D eigenvalue weighted by Gasteiger charge is -2.26. The van der Waals surface area contributed by atoms with Crippen molar-refractivity contribution in [2.75, 3.05) is 0 Å². The molecular formula is C16H15NO2. The Morgan fingerprint density at radius 2 is 1.84 bits per heavy atom. The zero-order valence-corrected chi connectivity index (χ0v) is 10.7. The molecule has 0 bridgehead atoms. The molecule has 0 fully saturated rings. The highest BCUT2D eigenvalue weighted by Gasteiger charge is 2.26. The van der Waals surface area contributed by atoms with E-state index in [0.717, 1.165) is 16.9 Å². The largest absolute Gasteiger partial charge is 0.485 e. The van der Waals surface area contributed by atoms with Gasteiger partial charge >= 0.3 is 0 Å². The van der Waals surface area contributed by atoms with Crippen molar-refractivity contribution in [3.8, 4) is 5.75 Å².